The second-order valence-electron chi connectivity index (χ2n) is 2.75. The van der Waals surface area contributed by atoms with Crippen molar-refractivity contribution >= 4 is 17.2 Å². The molecule has 5 heteroatoms. The SMILES string of the molecule is CN(C)n1ccn2ncc(Cl)c12. The zero-order valence-corrected chi connectivity index (χ0v) is 7.65. The van der Waals surface area contributed by atoms with Gasteiger partial charge < -0.3 is 5.01 Å². The Morgan fingerprint density at radius 1 is 1.42 bits per heavy atom. The fraction of sp³-hybridized carbons (Fsp3) is 0.286. The standard InChI is InChI=1S/C7H9ClN4/c1-10(2)12-4-3-11-7(12)6(8)5-9-11/h3-5H,1-2H3. The molecule has 64 valence electrons. The van der Waals surface area contributed by atoms with Crippen LogP contribution in [0.5, 0.6) is 0 Å². The zero-order chi connectivity index (χ0) is 8.72. The van der Waals surface area contributed by atoms with Gasteiger partial charge in [0.25, 0.3) is 0 Å². The maximum Gasteiger partial charge on any atom is 0.173 e. The van der Waals surface area contributed by atoms with Gasteiger partial charge in [-0.1, -0.05) is 11.6 Å². The Kier molecular flexibility index (Phi) is 1.51. The summed E-state index contributed by atoms with van der Waals surface area (Å²) in [4.78, 5) is 0. The van der Waals surface area contributed by atoms with Crippen molar-refractivity contribution in [2.24, 2.45) is 0 Å². The van der Waals surface area contributed by atoms with E-state index in [1.165, 1.54) is 0 Å². The molecule has 0 aromatic carbocycles. The molecule has 0 fully saturated rings. The molecule has 0 saturated carbocycles. The number of hydrogen-bond donors (Lipinski definition) is 0. The smallest absolute Gasteiger partial charge is 0.173 e. The van der Waals surface area contributed by atoms with Crippen LogP contribution in [0.2, 0.25) is 5.02 Å². The zero-order valence-electron chi connectivity index (χ0n) is 6.90. The largest absolute Gasteiger partial charge is 0.317 e. The average molecular weight is 185 g/mol. The summed E-state index contributed by atoms with van der Waals surface area (Å²) in [6, 6.07) is 0. The van der Waals surface area contributed by atoms with Crippen molar-refractivity contribution in [2.75, 3.05) is 19.1 Å². The lowest BCUT2D eigenvalue weighted by Gasteiger charge is -2.13. The van der Waals surface area contributed by atoms with Gasteiger partial charge in [-0.3, -0.25) is 0 Å². The molecule has 0 amide bonds. The first-order valence-electron chi connectivity index (χ1n) is 3.58. The van der Waals surface area contributed by atoms with E-state index in [2.05, 4.69) is 5.10 Å². The van der Waals surface area contributed by atoms with E-state index in [0.717, 1.165) is 5.65 Å². The molecule has 0 saturated heterocycles. The third-order valence-corrected chi connectivity index (χ3v) is 1.99. The Hall–Kier alpha value is -1.16. The molecule has 0 aliphatic heterocycles. The Morgan fingerprint density at radius 3 is 2.83 bits per heavy atom. The van der Waals surface area contributed by atoms with E-state index in [-0.39, 0.29) is 0 Å². The number of imidazole rings is 1. The lowest BCUT2D eigenvalue weighted by atomic mass is 10.7. The molecule has 2 rings (SSSR count). The van der Waals surface area contributed by atoms with Crippen LogP contribution in [0.1, 0.15) is 0 Å². The van der Waals surface area contributed by atoms with Crippen LogP contribution in [0, 0.1) is 0 Å². The van der Waals surface area contributed by atoms with E-state index >= 15 is 0 Å². The first-order valence-corrected chi connectivity index (χ1v) is 3.96. The first kappa shape index (κ1) is 7.49. The number of fused-ring (bicyclic) bond motifs is 1. The van der Waals surface area contributed by atoms with Gasteiger partial charge in [-0.2, -0.15) is 5.10 Å². The summed E-state index contributed by atoms with van der Waals surface area (Å²) in [5, 5.41) is 6.65. The fourth-order valence-corrected chi connectivity index (χ4v) is 1.39. The molecular formula is C7H9ClN4. The van der Waals surface area contributed by atoms with E-state index in [0.29, 0.717) is 5.02 Å². The molecular weight excluding hydrogens is 176 g/mol. The number of aromatic nitrogens is 3. The topological polar surface area (TPSA) is 25.5 Å². The molecule has 0 aliphatic carbocycles. The molecule has 0 radical (unpaired) electrons. The number of rotatable bonds is 1. The summed E-state index contributed by atoms with van der Waals surface area (Å²) in [5.74, 6) is 0. The second kappa shape index (κ2) is 2.42. The highest BCUT2D eigenvalue weighted by Gasteiger charge is 2.07. The quantitative estimate of drug-likeness (QED) is 0.661. The van der Waals surface area contributed by atoms with E-state index in [4.69, 9.17) is 11.6 Å². The first-order chi connectivity index (χ1) is 5.70. The molecule has 2 heterocycles. The lowest BCUT2D eigenvalue weighted by molar-refractivity contribution is 0.755. The van der Waals surface area contributed by atoms with Gasteiger partial charge in [0.1, 0.15) is 5.02 Å². The van der Waals surface area contributed by atoms with Crippen LogP contribution in [-0.2, 0) is 0 Å². The molecule has 0 unspecified atom stereocenters. The number of hydrogen-bond acceptors (Lipinski definition) is 2. The molecule has 0 aliphatic rings. The Bertz CT molecular complexity index is 400. The van der Waals surface area contributed by atoms with Crippen LogP contribution in [0.3, 0.4) is 0 Å². The Morgan fingerprint density at radius 2 is 2.17 bits per heavy atom. The van der Waals surface area contributed by atoms with Crippen LogP contribution in [0.4, 0.5) is 0 Å². The second-order valence-corrected chi connectivity index (χ2v) is 3.16. The van der Waals surface area contributed by atoms with Crippen molar-refractivity contribution in [3.63, 3.8) is 0 Å². The number of halogens is 1. The summed E-state index contributed by atoms with van der Waals surface area (Å²) < 4.78 is 3.66. The van der Waals surface area contributed by atoms with Crippen molar-refractivity contribution in [3.05, 3.63) is 23.6 Å². The average Bonchev–Trinajstić information content (AvgIpc) is 2.53. The van der Waals surface area contributed by atoms with Gasteiger partial charge in [-0.25, -0.2) is 9.19 Å². The predicted molar refractivity (Wildman–Crippen MR) is 48.3 cm³/mol. The van der Waals surface area contributed by atoms with E-state index < -0.39 is 0 Å². The van der Waals surface area contributed by atoms with Gasteiger partial charge in [0.05, 0.1) is 6.20 Å². The molecule has 4 nitrogen and oxygen atoms in total. The summed E-state index contributed by atoms with van der Waals surface area (Å²) >= 11 is 5.93. The highest BCUT2D eigenvalue weighted by molar-refractivity contribution is 6.33. The third-order valence-electron chi connectivity index (χ3n) is 1.72. The van der Waals surface area contributed by atoms with E-state index in [1.54, 1.807) is 10.7 Å². The van der Waals surface area contributed by atoms with Crippen LogP contribution in [-0.4, -0.2) is 28.4 Å². The Balaban J connectivity index is 2.75. The molecule has 0 spiro atoms. The van der Waals surface area contributed by atoms with Gasteiger partial charge in [0.2, 0.25) is 0 Å². The van der Waals surface area contributed by atoms with Crippen LogP contribution in [0.25, 0.3) is 5.65 Å². The molecule has 2 aromatic rings. The lowest BCUT2D eigenvalue weighted by Crippen LogP contribution is -2.23. The number of nitrogens with zero attached hydrogens (tertiary/aromatic N) is 4. The van der Waals surface area contributed by atoms with Gasteiger partial charge in [-0.05, 0) is 0 Å². The Labute approximate surface area is 74.9 Å². The van der Waals surface area contributed by atoms with Gasteiger partial charge in [0.15, 0.2) is 5.65 Å². The summed E-state index contributed by atoms with van der Waals surface area (Å²) in [6.07, 6.45) is 5.41. The van der Waals surface area contributed by atoms with Crippen molar-refractivity contribution in [2.45, 2.75) is 0 Å². The van der Waals surface area contributed by atoms with Gasteiger partial charge >= 0.3 is 0 Å². The molecule has 0 N–H and O–H groups in total. The van der Waals surface area contributed by atoms with Crippen LogP contribution >= 0.6 is 11.6 Å². The van der Waals surface area contributed by atoms with Gasteiger partial charge in [-0.15, -0.1) is 0 Å². The fourth-order valence-electron chi connectivity index (χ4n) is 1.18. The minimum atomic E-state index is 0.661. The molecule has 2 aromatic heterocycles. The molecule has 0 atom stereocenters. The van der Waals surface area contributed by atoms with Gasteiger partial charge in [0, 0.05) is 26.5 Å². The minimum absolute atomic E-state index is 0.661. The molecule has 0 bridgehead atoms. The van der Waals surface area contributed by atoms with E-state index in [1.807, 2.05) is 36.2 Å². The van der Waals surface area contributed by atoms with Crippen LogP contribution < -0.4 is 5.01 Å². The maximum atomic E-state index is 5.93. The van der Waals surface area contributed by atoms with E-state index in [9.17, 15) is 0 Å². The minimum Gasteiger partial charge on any atom is -0.317 e. The summed E-state index contributed by atoms with van der Waals surface area (Å²) in [5.41, 5.74) is 0.890. The van der Waals surface area contributed by atoms with Crippen molar-refractivity contribution in [3.8, 4) is 0 Å². The summed E-state index contributed by atoms with van der Waals surface area (Å²) in [7, 11) is 3.90. The predicted octanol–water partition coefficient (Wildman–Crippen LogP) is 0.987. The van der Waals surface area contributed by atoms with Crippen molar-refractivity contribution in [1.29, 1.82) is 0 Å². The molecule has 12 heavy (non-hydrogen) atoms. The summed E-state index contributed by atoms with van der Waals surface area (Å²) in [6.45, 7) is 0. The third kappa shape index (κ3) is 0.881. The van der Waals surface area contributed by atoms with Crippen LogP contribution in [0.15, 0.2) is 18.6 Å². The highest BCUT2D eigenvalue weighted by Crippen LogP contribution is 2.16. The van der Waals surface area contributed by atoms with Crippen molar-refractivity contribution in [1.82, 2.24) is 14.3 Å². The normalized spacial score (nSPS) is 10.9. The highest BCUT2D eigenvalue weighted by atomic mass is 35.5. The van der Waals surface area contributed by atoms with Crippen molar-refractivity contribution < 1.29 is 0 Å². The monoisotopic (exact) mass is 184 g/mol. The maximum absolute atomic E-state index is 5.93.